The molecule has 0 aliphatic carbocycles. The van der Waals surface area contributed by atoms with Crippen molar-refractivity contribution in [2.45, 2.75) is 12.5 Å². The van der Waals surface area contributed by atoms with Gasteiger partial charge in [0, 0.05) is 31.4 Å². The van der Waals surface area contributed by atoms with Crippen molar-refractivity contribution in [3.63, 3.8) is 0 Å². The zero-order valence-electron chi connectivity index (χ0n) is 11.2. The summed E-state index contributed by atoms with van der Waals surface area (Å²) in [6, 6.07) is 5.42. The van der Waals surface area contributed by atoms with Gasteiger partial charge in [-0.15, -0.1) is 11.3 Å². The van der Waals surface area contributed by atoms with Gasteiger partial charge in [0.2, 0.25) is 0 Å². The Morgan fingerprint density at radius 3 is 3.19 bits per heavy atom. The van der Waals surface area contributed by atoms with Gasteiger partial charge in [-0.05, 0) is 17.5 Å². The van der Waals surface area contributed by atoms with E-state index < -0.39 is 0 Å². The first kappa shape index (κ1) is 14.2. The van der Waals surface area contributed by atoms with E-state index >= 15 is 0 Å². The molecule has 3 rings (SSSR count). The van der Waals surface area contributed by atoms with Crippen molar-refractivity contribution in [1.82, 2.24) is 9.88 Å². The van der Waals surface area contributed by atoms with Gasteiger partial charge < -0.3 is 9.64 Å². The van der Waals surface area contributed by atoms with Crippen molar-refractivity contribution in [2.75, 3.05) is 18.4 Å². The zero-order valence-corrected chi connectivity index (χ0v) is 12.7. The number of pyridine rings is 1. The number of likely N-dealkylation sites (tertiary alicyclic amines) is 1. The van der Waals surface area contributed by atoms with E-state index in [1.54, 1.807) is 23.4 Å². The predicted molar refractivity (Wildman–Crippen MR) is 83.2 cm³/mol. The molecule has 0 bridgehead atoms. The van der Waals surface area contributed by atoms with E-state index in [0.717, 1.165) is 11.4 Å². The van der Waals surface area contributed by atoms with Crippen LogP contribution in [-0.4, -0.2) is 35.1 Å². The number of aromatic nitrogens is 1. The fourth-order valence-electron chi connectivity index (χ4n) is 2.18. The van der Waals surface area contributed by atoms with Gasteiger partial charge in [0.25, 0.3) is 0 Å². The van der Waals surface area contributed by atoms with Crippen LogP contribution in [0.5, 0.6) is 5.75 Å². The molecule has 110 valence electrons. The molecule has 1 N–H and O–H groups in total. The number of nitrogens with one attached hydrogen (secondary N) is 1. The standard InChI is InChI=1S/C14H14ClN3O2S/c15-11-8-16-5-3-12(11)20-10-4-6-18(9-10)14(19)17-13-2-1-7-21-13/h1-3,5,7-8,10H,4,6,9H2,(H,17,19)/t10-/m0/s1. The fourth-order valence-corrected chi connectivity index (χ4v) is 2.95. The second kappa shape index (κ2) is 6.32. The molecule has 5 nitrogen and oxygen atoms in total. The summed E-state index contributed by atoms with van der Waals surface area (Å²) in [6.07, 6.45) is 3.93. The second-order valence-electron chi connectivity index (χ2n) is 4.69. The highest BCUT2D eigenvalue weighted by molar-refractivity contribution is 7.14. The quantitative estimate of drug-likeness (QED) is 0.940. The molecule has 1 aliphatic rings. The van der Waals surface area contributed by atoms with Crippen molar-refractivity contribution in [1.29, 1.82) is 0 Å². The summed E-state index contributed by atoms with van der Waals surface area (Å²) in [5, 5.41) is 6.13. The summed E-state index contributed by atoms with van der Waals surface area (Å²) in [5.41, 5.74) is 0. The number of thiophene rings is 1. The normalized spacial score (nSPS) is 17.8. The lowest BCUT2D eigenvalue weighted by Gasteiger charge is -2.17. The molecule has 2 aromatic heterocycles. The number of carbonyl (C=O) groups is 1. The number of hydrogen-bond acceptors (Lipinski definition) is 4. The minimum atomic E-state index is -0.0932. The Morgan fingerprint density at radius 1 is 1.52 bits per heavy atom. The maximum Gasteiger partial charge on any atom is 0.322 e. The lowest BCUT2D eigenvalue weighted by molar-refractivity contribution is 0.195. The molecule has 0 aromatic carbocycles. The largest absolute Gasteiger partial charge is 0.487 e. The summed E-state index contributed by atoms with van der Waals surface area (Å²) in [7, 11) is 0. The molecule has 0 unspecified atom stereocenters. The molecule has 3 heterocycles. The van der Waals surface area contributed by atoms with Crippen molar-refractivity contribution in [3.8, 4) is 5.75 Å². The molecule has 1 atom stereocenters. The van der Waals surface area contributed by atoms with Crippen LogP contribution in [0.4, 0.5) is 9.80 Å². The molecule has 1 aliphatic heterocycles. The molecule has 0 saturated carbocycles. The molecule has 7 heteroatoms. The molecular formula is C14H14ClN3O2S. The molecule has 1 saturated heterocycles. The smallest absolute Gasteiger partial charge is 0.322 e. The van der Waals surface area contributed by atoms with E-state index in [2.05, 4.69) is 10.3 Å². The van der Waals surface area contributed by atoms with E-state index in [1.807, 2.05) is 17.5 Å². The number of halogens is 1. The Labute approximate surface area is 131 Å². The molecule has 2 aromatic rings. The Bertz CT molecular complexity index is 620. The van der Waals surface area contributed by atoms with Gasteiger partial charge in [-0.1, -0.05) is 11.6 Å². The second-order valence-corrected chi connectivity index (χ2v) is 6.04. The topological polar surface area (TPSA) is 54.5 Å². The molecule has 0 spiro atoms. The van der Waals surface area contributed by atoms with Crippen LogP contribution in [0, 0.1) is 0 Å². The summed E-state index contributed by atoms with van der Waals surface area (Å²) < 4.78 is 5.83. The monoisotopic (exact) mass is 323 g/mol. The lowest BCUT2D eigenvalue weighted by atomic mass is 10.3. The zero-order chi connectivity index (χ0) is 14.7. The van der Waals surface area contributed by atoms with Crippen LogP contribution in [0.2, 0.25) is 5.02 Å². The van der Waals surface area contributed by atoms with Gasteiger partial charge in [0.1, 0.15) is 16.9 Å². The first-order valence-electron chi connectivity index (χ1n) is 6.58. The van der Waals surface area contributed by atoms with E-state index in [9.17, 15) is 4.79 Å². The average molecular weight is 324 g/mol. The number of rotatable bonds is 3. The first-order chi connectivity index (χ1) is 10.2. The number of anilines is 1. The molecule has 0 radical (unpaired) electrons. The van der Waals surface area contributed by atoms with Crippen LogP contribution in [0.1, 0.15) is 6.42 Å². The predicted octanol–water partition coefficient (Wildman–Crippen LogP) is 3.48. The van der Waals surface area contributed by atoms with E-state index in [-0.39, 0.29) is 12.1 Å². The van der Waals surface area contributed by atoms with Gasteiger partial charge in [-0.25, -0.2) is 4.79 Å². The number of ether oxygens (including phenoxy) is 1. The number of nitrogens with zero attached hydrogens (tertiary/aromatic N) is 2. The van der Waals surface area contributed by atoms with E-state index in [1.165, 1.54) is 11.3 Å². The van der Waals surface area contributed by atoms with Crippen molar-refractivity contribution >= 4 is 34.0 Å². The van der Waals surface area contributed by atoms with Gasteiger partial charge in [-0.3, -0.25) is 10.3 Å². The molecular weight excluding hydrogens is 310 g/mol. The van der Waals surface area contributed by atoms with Crippen LogP contribution in [0.3, 0.4) is 0 Å². The van der Waals surface area contributed by atoms with Crippen LogP contribution >= 0.6 is 22.9 Å². The Morgan fingerprint density at radius 2 is 2.43 bits per heavy atom. The summed E-state index contributed by atoms with van der Waals surface area (Å²) >= 11 is 7.52. The number of urea groups is 1. The third kappa shape index (κ3) is 3.46. The Balaban J connectivity index is 1.56. The van der Waals surface area contributed by atoms with Crippen LogP contribution in [-0.2, 0) is 0 Å². The highest BCUT2D eigenvalue weighted by atomic mass is 35.5. The number of amides is 2. The Hall–Kier alpha value is -1.79. The van der Waals surface area contributed by atoms with Crippen LogP contribution in [0.15, 0.2) is 36.0 Å². The minimum absolute atomic E-state index is 0.0426. The maximum atomic E-state index is 12.1. The van der Waals surface area contributed by atoms with Gasteiger partial charge in [0.05, 0.1) is 11.5 Å². The fraction of sp³-hybridized carbons (Fsp3) is 0.286. The number of carbonyl (C=O) groups excluding carboxylic acids is 1. The average Bonchev–Trinajstić information content (AvgIpc) is 3.13. The highest BCUT2D eigenvalue weighted by Gasteiger charge is 2.28. The van der Waals surface area contributed by atoms with E-state index in [0.29, 0.717) is 23.9 Å². The summed E-state index contributed by atoms with van der Waals surface area (Å²) in [4.78, 5) is 17.8. The number of hydrogen-bond donors (Lipinski definition) is 1. The Kier molecular flexibility index (Phi) is 4.26. The summed E-state index contributed by atoms with van der Waals surface area (Å²) in [5.74, 6) is 0.609. The highest BCUT2D eigenvalue weighted by Crippen LogP contribution is 2.26. The van der Waals surface area contributed by atoms with Gasteiger partial charge in [0.15, 0.2) is 0 Å². The lowest BCUT2D eigenvalue weighted by Crippen LogP contribution is -2.34. The van der Waals surface area contributed by atoms with Gasteiger partial charge in [-0.2, -0.15) is 0 Å². The first-order valence-corrected chi connectivity index (χ1v) is 7.84. The maximum absolute atomic E-state index is 12.1. The summed E-state index contributed by atoms with van der Waals surface area (Å²) in [6.45, 7) is 1.22. The minimum Gasteiger partial charge on any atom is -0.487 e. The van der Waals surface area contributed by atoms with Gasteiger partial charge >= 0.3 is 6.03 Å². The van der Waals surface area contributed by atoms with Crippen molar-refractivity contribution < 1.29 is 9.53 Å². The van der Waals surface area contributed by atoms with E-state index in [4.69, 9.17) is 16.3 Å². The van der Waals surface area contributed by atoms with Crippen LogP contribution < -0.4 is 10.1 Å². The molecule has 21 heavy (non-hydrogen) atoms. The third-order valence-electron chi connectivity index (χ3n) is 3.21. The van der Waals surface area contributed by atoms with Crippen molar-refractivity contribution in [3.05, 3.63) is 41.0 Å². The van der Waals surface area contributed by atoms with Crippen molar-refractivity contribution in [2.24, 2.45) is 0 Å². The molecule has 1 fully saturated rings. The molecule has 2 amide bonds. The SMILES string of the molecule is O=C(Nc1cccs1)N1CC[C@H](Oc2ccncc2Cl)C1. The van der Waals surface area contributed by atoms with Crippen LogP contribution in [0.25, 0.3) is 0 Å². The third-order valence-corrected chi connectivity index (χ3v) is 4.28.